The third kappa shape index (κ3) is 25.1. The normalized spacial score (nSPS) is 31.7. The second-order valence-electron chi connectivity index (χ2n) is 42.2. The van der Waals surface area contributed by atoms with Crippen molar-refractivity contribution in [1.82, 2.24) is 39.7 Å². The number of nitrogens with one attached hydrogen (secondary N) is 5. The van der Waals surface area contributed by atoms with E-state index in [0.717, 1.165) is 110 Å². The number of esters is 3. The molecule has 23 atom stereocenters. The molecule has 6 saturated carbocycles. The van der Waals surface area contributed by atoms with E-state index in [0.29, 0.717) is 48.9 Å². The summed E-state index contributed by atoms with van der Waals surface area (Å²) in [6.45, 7) is 37.6. The summed E-state index contributed by atoms with van der Waals surface area (Å²) < 4.78 is 47.4. The molecule has 27 heteroatoms. The number of fused-ring (bicyclic) bond motifs is 10. The molecule has 0 bridgehead atoms. The van der Waals surface area contributed by atoms with Crippen LogP contribution in [0.3, 0.4) is 0 Å². The van der Waals surface area contributed by atoms with E-state index in [1.165, 1.54) is 160 Å². The second-order valence-corrected chi connectivity index (χ2v) is 43.6. The monoisotopic (exact) mass is 1810 g/mol. The topological polar surface area (TPSA) is 340 Å². The lowest BCUT2D eigenvalue weighted by Crippen LogP contribution is -2.51. The van der Waals surface area contributed by atoms with Crippen LogP contribution in [-0.2, 0) is 61.5 Å². The maximum absolute atomic E-state index is 13.1. The van der Waals surface area contributed by atoms with Crippen molar-refractivity contribution in [3.05, 3.63) is 101 Å². The van der Waals surface area contributed by atoms with Crippen LogP contribution < -0.4 is 38.4 Å². The van der Waals surface area contributed by atoms with Crippen LogP contribution in [0.15, 0.2) is 67.0 Å². The van der Waals surface area contributed by atoms with Crippen LogP contribution in [-0.4, -0.2) is 135 Å². The van der Waals surface area contributed by atoms with Gasteiger partial charge in [0.2, 0.25) is 17.7 Å². The van der Waals surface area contributed by atoms with Gasteiger partial charge in [0, 0.05) is 102 Å². The molecule has 8 aliphatic carbocycles. The van der Waals surface area contributed by atoms with Crippen molar-refractivity contribution in [2.24, 2.45) is 92.7 Å². The van der Waals surface area contributed by atoms with Crippen molar-refractivity contribution >= 4 is 56.3 Å². The number of rotatable bonds is 40. The molecule has 5 N–H and O–H groups in total. The van der Waals surface area contributed by atoms with E-state index in [-0.39, 0.29) is 128 Å². The summed E-state index contributed by atoms with van der Waals surface area (Å²) in [6.07, 6.45) is 39.2. The molecule has 2 aromatic heterocycles. The number of nitrogens with zero attached hydrogens (tertiary/aromatic N) is 4. The van der Waals surface area contributed by atoms with Gasteiger partial charge in [-0.15, -0.1) is 0 Å². The maximum atomic E-state index is 13.1. The Morgan fingerprint density at radius 2 is 1.01 bits per heavy atom. The Bertz CT molecular complexity index is 4570. The van der Waals surface area contributed by atoms with E-state index in [2.05, 4.69) is 146 Å². The molecule has 4 heterocycles. The van der Waals surface area contributed by atoms with Gasteiger partial charge in [-0.1, -0.05) is 145 Å². The zero-order chi connectivity index (χ0) is 93.4. The molecule has 0 radical (unpaired) electrons. The molecule has 7 unspecified atom stereocenters. The smallest absolute Gasteiger partial charge is 0.330 e. The fraction of sp³-hybridized carbons (Fsp3) is 0.775. The largest absolute Gasteiger partial charge is 0.462 e. The summed E-state index contributed by atoms with van der Waals surface area (Å²) in [5, 5.41) is 17.1. The van der Waals surface area contributed by atoms with E-state index in [4.69, 9.17) is 38.0 Å². The summed E-state index contributed by atoms with van der Waals surface area (Å²) in [4.78, 5) is 131. The Labute approximate surface area is 768 Å². The van der Waals surface area contributed by atoms with Gasteiger partial charge in [-0.3, -0.25) is 57.5 Å². The van der Waals surface area contributed by atoms with Gasteiger partial charge in [0.25, 0.3) is 19.6 Å². The van der Waals surface area contributed by atoms with Crippen LogP contribution in [0.2, 0.25) is 0 Å². The van der Waals surface area contributed by atoms with Crippen molar-refractivity contribution < 1.29 is 61.5 Å². The third-order valence-corrected chi connectivity index (χ3v) is 34.6. The predicted octanol–water partition coefficient (Wildman–Crippen LogP) is 18.3. The highest BCUT2D eigenvalue weighted by atomic mass is 31.2. The van der Waals surface area contributed by atoms with Gasteiger partial charge >= 0.3 is 29.3 Å². The number of aromatic nitrogens is 4. The summed E-state index contributed by atoms with van der Waals surface area (Å²) in [5.74, 6) is 7.29. The lowest BCUT2D eigenvalue weighted by Gasteiger charge is -2.58. The van der Waals surface area contributed by atoms with E-state index < -0.39 is 79.6 Å². The van der Waals surface area contributed by atoms with E-state index in [1.54, 1.807) is 0 Å². The fourth-order valence-corrected chi connectivity index (χ4v) is 27.4. The van der Waals surface area contributed by atoms with Crippen molar-refractivity contribution in [3.63, 3.8) is 0 Å². The number of allylic oxidation sites excluding steroid dienone is 2. The van der Waals surface area contributed by atoms with Crippen LogP contribution in [0, 0.1) is 104 Å². The zero-order valence-corrected chi connectivity index (χ0v) is 81.8. The van der Waals surface area contributed by atoms with Gasteiger partial charge in [-0.25, -0.2) is 14.3 Å². The first-order valence-corrected chi connectivity index (χ1v) is 51.0. The van der Waals surface area contributed by atoms with Gasteiger partial charge in [0.1, 0.15) is 30.8 Å². The number of H-pyrrole nitrogens is 2. The number of aromatic amines is 2. The molecule has 718 valence electrons. The summed E-state index contributed by atoms with van der Waals surface area (Å²) in [7, 11) is -0.0446. The molecule has 0 spiro atoms. The molecule has 3 amide bonds. The molecule has 10 aliphatic rings. The Morgan fingerprint density at radius 1 is 0.566 bits per heavy atom. The lowest BCUT2D eigenvalue weighted by atomic mass is 9.47. The Hall–Kier alpha value is -7.14. The minimum atomic E-state index is -1.53. The van der Waals surface area contributed by atoms with Gasteiger partial charge in [-0.05, 0) is 248 Å². The first-order valence-electron chi connectivity index (χ1n) is 49.8. The first-order chi connectivity index (χ1) is 61.4. The van der Waals surface area contributed by atoms with Crippen molar-refractivity contribution in [3.8, 4) is 6.07 Å². The Balaban J connectivity index is 0.000000250. The highest BCUT2D eigenvalue weighted by Gasteiger charge is 2.62. The van der Waals surface area contributed by atoms with Crippen molar-refractivity contribution in [2.45, 2.75) is 384 Å². The Kier molecular flexibility index (Phi) is 36.7. The fourth-order valence-electron chi connectivity index (χ4n) is 25.7. The van der Waals surface area contributed by atoms with E-state index >= 15 is 0 Å². The van der Waals surface area contributed by atoms with Crippen LogP contribution in [0.1, 0.15) is 346 Å². The van der Waals surface area contributed by atoms with Crippen LogP contribution in [0.5, 0.6) is 0 Å². The summed E-state index contributed by atoms with van der Waals surface area (Å²) in [5.41, 5.74) is 1.86. The van der Waals surface area contributed by atoms with E-state index in [1.807, 2.05) is 13.8 Å². The lowest BCUT2D eigenvalue weighted by molar-refractivity contribution is -0.153. The molecule has 26 nitrogen and oxygen atoms in total. The number of hydrogen-bond acceptors (Lipinski definition) is 19. The molecule has 0 aromatic carbocycles. The molecule has 2 aliphatic heterocycles. The van der Waals surface area contributed by atoms with Crippen molar-refractivity contribution in [1.29, 1.82) is 5.26 Å². The second kappa shape index (κ2) is 46.2. The number of hydrogen-bond donors (Lipinski definition) is 5. The van der Waals surface area contributed by atoms with Gasteiger partial charge in [0.15, 0.2) is 0 Å². The first kappa shape index (κ1) is 102. The third-order valence-electron chi connectivity index (χ3n) is 32.4. The average Bonchev–Trinajstić information content (AvgIpc) is 1.61. The predicted molar refractivity (Wildman–Crippen MR) is 502 cm³/mol. The van der Waals surface area contributed by atoms with Crippen molar-refractivity contribution in [2.75, 3.05) is 26.7 Å². The van der Waals surface area contributed by atoms with Gasteiger partial charge in [-0.2, -0.15) is 5.26 Å². The SMILES string of the molecule is CC[C@H]1O[C@@H](n2cc(/C=C/C(=O)NCCCC(=O)O[C@H]3CC[C@@]4(C)C(=CCC5C4CC[C@@]4(C)C5CC[C@@H]4[C@H](C)CCCC(C)C)C3)c(=O)[nH]c2=O)C[C@H]1OC(=O)CCC(=O)NC.CC[C@H]1O[C@@H](n2cc(/C=C/C(=O)NCCCC(=O)O[C@H]3CC[C@@]4(C)C(=CCC5C4CC[C@@]4(C)C5CC[C@@H]4[C@H](C)CCCC(C)C)C3)c(=O)[nH]c2=O)C[C@H]1OP(OCCC#N)N(C(C)C)C(C)C. The van der Waals surface area contributed by atoms with Gasteiger partial charge < -0.3 is 48.7 Å². The van der Waals surface area contributed by atoms with E-state index in [9.17, 15) is 47.9 Å². The van der Waals surface area contributed by atoms with Crippen LogP contribution >= 0.6 is 8.53 Å². The zero-order valence-electron chi connectivity index (χ0n) is 81.0. The molecule has 8 fully saturated rings. The Morgan fingerprint density at radius 3 is 1.43 bits per heavy atom. The van der Waals surface area contributed by atoms with Crippen LogP contribution in [0.4, 0.5) is 0 Å². The number of ether oxygens (including phenoxy) is 5. The standard InChI is InChI=1S/C53H84N5O8P.C49H74N4O9/c1-11-45-46(66-67(63-30-14-28-54)58(35(4)5)36(6)7)32-48(65-45)57-33-38(50(61)56-51(57)62)18-23-47(59)55-29-13-17-49(60)64-40-24-26-52(9)39(31-40)19-20-41-43-22-21-42(37(8)16-12-15-34(2)3)53(43,10)27-25-44(41)52;1-8-39-40(62-45(57)21-20-41(54)50-7)28-43(61-39)53-29-32(46(58)52-47(53)59)14-19-42(55)51-26-10-13-44(56)60-34-22-24-48(5)33(27-34)15-16-35-37-18-17-36(31(4)12-9-11-30(2)3)49(37,6)25-23-38(35)48/h18-19,23,33-37,40-46,48H,11-17,20-22,24-27,29-32H2,1-10H3,(H,55,59)(H,56,61,62);14-15,19,29-31,34-40,43H,8-13,16-18,20-28H2,1-7H3,(H,50,54)(H,51,55)(H,52,58,59)/b23-18+;19-14+/t37-,40+,41?,42-,43?,44?,45-,46-,48-,52+,53-,67?;31-,34+,35?,36-,37?,38?,39-,40-,43-,48+,49-/m11/s1. The molecule has 129 heavy (non-hydrogen) atoms. The summed E-state index contributed by atoms with van der Waals surface area (Å²) in [6, 6.07) is 2.36. The summed E-state index contributed by atoms with van der Waals surface area (Å²) >= 11 is 0. The molecular formula is C102H158N9O17P. The maximum Gasteiger partial charge on any atom is 0.330 e. The van der Waals surface area contributed by atoms with Gasteiger partial charge in [0.05, 0.1) is 55.0 Å². The van der Waals surface area contributed by atoms with Crippen LogP contribution in [0.25, 0.3) is 12.2 Å². The minimum Gasteiger partial charge on any atom is -0.462 e. The highest BCUT2D eigenvalue weighted by Crippen LogP contribution is 2.70. The minimum absolute atomic E-state index is 0.00328. The number of carbonyl (C=O) groups is 6. The number of carbonyl (C=O) groups excluding carboxylic acids is 6. The molecular weight excluding hydrogens is 1650 g/mol. The average molecular weight is 1810 g/mol. The molecule has 2 aromatic rings. The number of nitriles is 1. The quantitative estimate of drug-likeness (QED) is 0.0103. The number of amides is 3. The molecule has 12 rings (SSSR count). The highest BCUT2D eigenvalue weighted by molar-refractivity contribution is 7.44. The molecule has 2 saturated heterocycles.